The molecule has 0 saturated heterocycles. The molecule has 0 aliphatic heterocycles. The quantitative estimate of drug-likeness (QED) is 0.772. The molecule has 1 saturated carbocycles. The zero-order valence-electron chi connectivity index (χ0n) is 10.7. The van der Waals surface area contributed by atoms with Crippen LogP contribution in [0.25, 0.3) is 0 Å². The molecule has 1 unspecified atom stereocenters. The summed E-state index contributed by atoms with van der Waals surface area (Å²) < 4.78 is 1.52. The Labute approximate surface area is 120 Å². The lowest BCUT2D eigenvalue weighted by molar-refractivity contribution is -0.122. The van der Waals surface area contributed by atoms with E-state index in [2.05, 4.69) is 31.7 Å². The monoisotopic (exact) mass is 328 g/mol. The van der Waals surface area contributed by atoms with Crippen LogP contribution < -0.4 is 10.6 Å². The van der Waals surface area contributed by atoms with Gasteiger partial charge in [0.2, 0.25) is 11.8 Å². The highest BCUT2D eigenvalue weighted by Gasteiger charge is 2.23. The van der Waals surface area contributed by atoms with Crippen LogP contribution in [0.15, 0.2) is 12.4 Å². The maximum atomic E-state index is 11.7. The predicted octanol–water partition coefficient (Wildman–Crippen LogP) is 1.27. The summed E-state index contributed by atoms with van der Waals surface area (Å²) in [5, 5.41) is 9.67. The van der Waals surface area contributed by atoms with Crippen LogP contribution in [0.2, 0.25) is 0 Å². The smallest absolute Gasteiger partial charge is 0.241 e. The third-order valence-corrected chi connectivity index (χ3v) is 3.86. The van der Waals surface area contributed by atoms with Crippen molar-refractivity contribution in [1.29, 1.82) is 0 Å². The van der Waals surface area contributed by atoms with Gasteiger partial charge >= 0.3 is 0 Å². The summed E-state index contributed by atoms with van der Waals surface area (Å²) in [4.78, 5) is 23.0. The topological polar surface area (TPSA) is 76.0 Å². The van der Waals surface area contributed by atoms with Gasteiger partial charge in [-0.2, -0.15) is 5.10 Å². The minimum absolute atomic E-state index is 0.0459. The van der Waals surface area contributed by atoms with Gasteiger partial charge < -0.3 is 10.6 Å². The summed E-state index contributed by atoms with van der Waals surface area (Å²) in [6, 6.07) is 0.348. The highest BCUT2D eigenvalue weighted by Crippen LogP contribution is 2.18. The maximum Gasteiger partial charge on any atom is 0.241 e. The summed E-state index contributed by atoms with van der Waals surface area (Å²) in [7, 11) is 0. The predicted molar refractivity (Wildman–Crippen MR) is 75.0 cm³/mol. The normalized spacial score (nSPS) is 15.9. The number of alkyl halides is 1. The van der Waals surface area contributed by atoms with E-state index in [0.29, 0.717) is 18.2 Å². The standard InChI is InChI=1S/C12H17BrN4O2/c1-2-10(13)12(19)16-9-5-14-17(6-9)7-11(18)15-8-3-4-8/h5-6,8,10H,2-4,7H2,1H3,(H,15,18)(H,16,19). The molecule has 2 rings (SSSR count). The number of halogens is 1. The lowest BCUT2D eigenvalue weighted by Crippen LogP contribution is -2.29. The second kappa shape index (κ2) is 6.18. The summed E-state index contributed by atoms with van der Waals surface area (Å²) in [6.07, 6.45) is 6.03. The van der Waals surface area contributed by atoms with Gasteiger partial charge in [0.25, 0.3) is 0 Å². The average molecular weight is 329 g/mol. The van der Waals surface area contributed by atoms with E-state index in [1.54, 1.807) is 6.20 Å². The molecule has 1 atom stereocenters. The van der Waals surface area contributed by atoms with Crippen LogP contribution in [0, 0.1) is 0 Å². The Morgan fingerprint density at radius 1 is 1.58 bits per heavy atom. The molecule has 0 aromatic carbocycles. The van der Waals surface area contributed by atoms with Gasteiger partial charge in [-0.1, -0.05) is 22.9 Å². The molecule has 0 spiro atoms. The van der Waals surface area contributed by atoms with E-state index in [0.717, 1.165) is 12.8 Å². The van der Waals surface area contributed by atoms with E-state index in [1.807, 2.05) is 6.92 Å². The zero-order valence-corrected chi connectivity index (χ0v) is 12.3. The summed E-state index contributed by atoms with van der Waals surface area (Å²) in [5.74, 6) is -0.153. The van der Waals surface area contributed by atoms with Crippen molar-refractivity contribution in [1.82, 2.24) is 15.1 Å². The van der Waals surface area contributed by atoms with Crippen molar-refractivity contribution >= 4 is 33.4 Å². The number of nitrogens with one attached hydrogen (secondary N) is 2. The van der Waals surface area contributed by atoms with Crippen molar-refractivity contribution in [3.05, 3.63) is 12.4 Å². The number of hydrogen-bond acceptors (Lipinski definition) is 3. The second-order valence-corrected chi connectivity index (χ2v) is 5.74. The number of carbonyl (C=O) groups excluding carboxylic acids is 2. The van der Waals surface area contributed by atoms with Crippen LogP contribution in [0.5, 0.6) is 0 Å². The lowest BCUT2D eigenvalue weighted by atomic mass is 10.3. The number of hydrogen-bond donors (Lipinski definition) is 2. The number of amides is 2. The fourth-order valence-corrected chi connectivity index (χ4v) is 1.68. The van der Waals surface area contributed by atoms with E-state index < -0.39 is 0 Å². The molecule has 104 valence electrons. The van der Waals surface area contributed by atoms with Crippen molar-refractivity contribution in [3.63, 3.8) is 0 Å². The van der Waals surface area contributed by atoms with Crippen LogP contribution in [0.3, 0.4) is 0 Å². The summed E-state index contributed by atoms with van der Waals surface area (Å²) in [5.41, 5.74) is 0.599. The van der Waals surface area contributed by atoms with E-state index in [4.69, 9.17) is 0 Å². The Morgan fingerprint density at radius 3 is 2.95 bits per heavy atom. The summed E-state index contributed by atoms with van der Waals surface area (Å²) >= 11 is 3.28. The Hall–Kier alpha value is -1.37. The fourth-order valence-electron chi connectivity index (χ4n) is 1.57. The molecule has 1 heterocycles. The molecule has 0 radical (unpaired) electrons. The van der Waals surface area contributed by atoms with E-state index in [9.17, 15) is 9.59 Å². The number of rotatable bonds is 6. The van der Waals surface area contributed by atoms with E-state index >= 15 is 0 Å². The second-order valence-electron chi connectivity index (χ2n) is 4.63. The van der Waals surface area contributed by atoms with Crippen molar-refractivity contribution in [2.45, 2.75) is 43.6 Å². The van der Waals surface area contributed by atoms with E-state index in [1.165, 1.54) is 10.9 Å². The van der Waals surface area contributed by atoms with Gasteiger partial charge in [-0.15, -0.1) is 0 Å². The molecule has 19 heavy (non-hydrogen) atoms. The molecule has 2 N–H and O–H groups in total. The maximum absolute atomic E-state index is 11.7. The van der Waals surface area contributed by atoms with Gasteiger partial charge in [-0.25, -0.2) is 0 Å². The van der Waals surface area contributed by atoms with Gasteiger partial charge in [0.15, 0.2) is 0 Å². The number of nitrogens with zero attached hydrogens (tertiary/aromatic N) is 2. The molecule has 1 aliphatic rings. The minimum atomic E-state index is -0.214. The largest absolute Gasteiger partial charge is 0.352 e. The number of carbonyl (C=O) groups is 2. The van der Waals surface area contributed by atoms with Crippen molar-refractivity contribution < 1.29 is 9.59 Å². The van der Waals surface area contributed by atoms with Crippen LogP contribution in [0.4, 0.5) is 5.69 Å². The Morgan fingerprint density at radius 2 is 2.32 bits per heavy atom. The first-order valence-electron chi connectivity index (χ1n) is 6.35. The zero-order chi connectivity index (χ0) is 13.8. The van der Waals surface area contributed by atoms with Crippen LogP contribution in [0.1, 0.15) is 26.2 Å². The molecule has 6 nitrogen and oxygen atoms in total. The Bertz CT molecular complexity index is 470. The molecule has 0 bridgehead atoms. The molecule has 1 aromatic rings. The van der Waals surface area contributed by atoms with Crippen molar-refractivity contribution in [3.8, 4) is 0 Å². The number of aromatic nitrogens is 2. The molecule has 1 fully saturated rings. The first-order valence-corrected chi connectivity index (χ1v) is 7.26. The SMILES string of the molecule is CCC(Br)C(=O)Nc1cnn(CC(=O)NC2CC2)c1. The average Bonchev–Trinajstić information content (AvgIpc) is 3.08. The molecule has 2 amide bonds. The molecule has 1 aliphatic carbocycles. The first-order chi connectivity index (χ1) is 9.08. The van der Waals surface area contributed by atoms with Crippen molar-refractivity contribution in [2.75, 3.05) is 5.32 Å². The van der Waals surface area contributed by atoms with Gasteiger partial charge in [-0.05, 0) is 19.3 Å². The third kappa shape index (κ3) is 4.34. The highest BCUT2D eigenvalue weighted by atomic mass is 79.9. The van der Waals surface area contributed by atoms with Crippen LogP contribution in [-0.4, -0.2) is 32.5 Å². The highest BCUT2D eigenvalue weighted by molar-refractivity contribution is 9.10. The molecule has 7 heteroatoms. The first kappa shape index (κ1) is 14.0. The molecular formula is C12H17BrN4O2. The summed E-state index contributed by atoms with van der Waals surface area (Å²) in [6.45, 7) is 2.10. The van der Waals surface area contributed by atoms with Gasteiger partial charge in [-0.3, -0.25) is 14.3 Å². The minimum Gasteiger partial charge on any atom is -0.352 e. The van der Waals surface area contributed by atoms with E-state index in [-0.39, 0.29) is 23.2 Å². The third-order valence-electron chi connectivity index (χ3n) is 2.79. The lowest BCUT2D eigenvalue weighted by Gasteiger charge is -2.06. The van der Waals surface area contributed by atoms with Crippen LogP contribution >= 0.6 is 15.9 Å². The molecular weight excluding hydrogens is 312 g/mol. The fraction of sp³-hybridized carbons (Fsp3) is 0.583. The van der Waals surface area contributed by atoms with Gasteiger partial charge in [0.1, 0.15) is 6.54 Å². The van der Waals surface area contributed by atoms with Gasteiger partial charge in [0.05, 0.1) is 16.7 Å². The van der Waals surface area contributed by atoms with Crippen molar-refractivity contribution in [2.24, 2.45) is 0 Å². The molecule has 1 aromatic heterocycles. The number of anilines is 1. The van der Waals surface area contributed by atoms with Crippen LogP contribution in [-0.2, 0) is 16.1 Å². The Kier molecular flexibility index (Phi) is 4.57. The Balaban J connectivity index is 1.84. The van der Waals surface area contributed by atoms with Gasteiger partial charge in [0, 0.05) is 12.2 Å².